The number of carbonyl (C=O) groups is 1. The van der Waals surface area contributed by atoms with Gasteiger partial charge in [-0.1, -0.05) is 35.5 Å². The molecule has 0 N–H and O–H groups in total. The van der Waals surface area contributed by atoms with Crippen LogP contribution in [-0.2, 0) is 16.0 Å². The van der Waals surface area contributed by atoms with Crippen molar-refractivity contribution in [1.29, 1.82) is 0 Å². The van der Waals surface area contributed by atoms with E-state index in [0.717, 1.165) is 49.7 Å². The fraction of sp³-hybridized carbons (Fsp3) is 0.640. The van der Waals surface area contributed by atoms with E-state index >= 15 is 0 Å². The Morgan fingerprint density at radius 2 is 1.81 bits per heavy atom. The lowest BCUT2D eigenvalue weighted by Gasteiger charge is -2.37. The molecule has 1 amide bonds. The highest BCUT2D eigenvalue weighted by Crippen LogP contribution is 2.44. The van der Waals surface area contributed by atoms with Crippen molar-refractivity contribution in [1.82, 2.24) is 19.9 Å². The molecule has 6 rings (SSSR count). The highest BCUT2D eigenvalue weighted by atomic mass is 16.5. The molecule has 6 nitrogen and oxygen atoms in total. The average Bonchev–Trinajstić information content (AvgIpc) is 3.71. The van der Waals surface area contributed by atoms with Crippen LogP contribution >= 0.6 is 0 Å². The van der Waals surface area contributed by atoms with E-state index in [1.807, 2.05) is 30.3 Å². The van der Waals surface area contributed by atoms with Gasteiger partial charge in [-0.2, -0.15) is 0 Å². The minimum Gasteiger partial charge on any atom is -0.376 e. The van der Waals surface area contributed by atoms with E-state index in [-0.39, 0.29) is 18.1 Å². The summed E-state index contributed by atoms with van der Waals surface area (Å²) >= 11 is 0. The maximum Gasteiger partial charge on any atom is 0.227 e. The number of likely N-dealkylation sites (tertiary alicyclic amines) is 1. The smallest absolute Gasteiger partial charge is 0.227 e. The highest BCUT2D eigenvalue weighted by molar-refractivity contribution is 5.79. The number of hydrogen-bond acceptors (Lipinski definition) is 4. The average molecular weight is 421 g/mol. The third-order valence-corrected chi connectivity index (χ3v) is 7.74. The van der Waals surface area contributed by atoms with Crippen LogP contribution in [0.2, 0.25) is 0 Å². The molecule has 1 aliphatic heterocycles. The van der Waals surface area contributed by atoms with E-state index in [4.69, 9.17) is 4.74 Å². The number of amides is 1. The quantitative estimate of drug-likeness (QED) is 0.687. The molecule has 4 fully saturated rings. The van der Waals surface area contributed by atoms with Crippen LogP contribution in [0.3, 0.4) is 0 Å². The molecule has 0 spiro atoms. The normalized spacial score (nSPS) is 30.4. The number of nitrogens with zero attached hydrogens (tertiary/aromatic N) is 4. The molecule has 0 unspecified atom stereocenters. The molecule has 0 radical (unpaired) electrons. The molecule has 0 bridgehead atoms. The summed E-state index contributed by atoms with van der Waals surface area (Å²) in [5.41, 5.74) is 2.25. The minimum absolute atomic E-state index is 0.180. The van der Waals surface area contributed by atoms with Crippen molar-refractivity contribution >= 4 is 5.91 Å². The van der Waals surface area contributed by atoms with Gasteiger partial charge < -0.3 is 9.64 Å². The van der Waals surface area contributed by atoms with Crippen molar-refractivity contribution in [2.24, 2.45) is 17.8 Å². The summed E-state index contributed by atoms with van der Waals surface area (Å²) in [6, 6.07) is 10.3. The summed E-state index contributed by atoms with van der Waals surface area (Å²) in [5, 5.41) is 8.99. The van der Waals surface area contributed by atoms with Crippen LogP contribution in [0.25, 0.3) is 0 Å². The van der Waals surface area contributed by atoms with Gasteiger partial charge in [0, 0.05) is 31.8 Å². The van der Waals surface area contributed by atoms with E-state index in [1.165, 1.54) is 25.7 Å². The molecule has 164 valence electrons. The molecule has 4 atom stereocenters. The Morgan fingerprint density at radius 1 is 1.03 bits per heavy atom. The summed E-state index contributed by atoms with van der Waals surface area (Å²) in [6.45, 7) is 2.61. The molecule has 1 aromatic carbocycles. The number of benzene rings is 1. The topological polar surface area (TPSA) is 60.2 Å². The zero-order chi connectivity index (χ0) is 20.8. The largest absolute Gasteiger partial charge is 0.376 e. The predicted molar refractivity (Wildman–Crippen MR) is 116 cm³/mol. The lowest BCUT2D eigenvalue weighted by atomic mass is 9.77. The molecule has 2 heterocycles. The Hall–Kier alpha value is -2.21. The Labute approximate surface area is 183 Å². The van der Waals surface area contributed by atoms with Gasteiger partial charge in [-0.25, -0.2) is 4.68 Å². The second kappa shape index (κ2) is 8.05. The molecule has 31 heavy (non-hydrogen) atoms. The van der Waals surface area contributed by atoms with E-state index in [9.17, 15) is 4.79 Å². The number of carbonyl (C=O) groups excluding carboxylic acids is 1. The van der Waals surface area contributed by atoms with Crippen LogP contribution < -0.4 is 0 Å². The molecule has 1 aromatic heterocycles. The van der Waals surface area contributed by atoms with Crippen molar-refractivity contribution in [2.75, 3.05) is 19.7 Å². The standard InChI is InChI=1S/C25H32N4O2/c30-25(10-17-4-2-1-3-5-17)28-13-20-11-23(29-15-22(26-27-29)19-8-9-19)24(12-21(20)14-28)31-16-18-6-7-18/h1-5,15,18-21,23-24H,6-14,16H2/t20-,21+,23-,24-/m1/s1. The number of ether oxygens (including phenoxy) is 1. The van der Waals surface area contributed by atoms with Gasteiger partial charge in [0.25, 0.3) is 0 Å². The first kappa shape index (κ1) is 19.5. The van der Waals surface area contributed by atoms with Gasteiger partial charge in [0.15, 0.2) is 0 Å². The fourth-order valence-corrected chi connectivity index (χ4v) is 5.50. The Kier molecular flexibility index (Phi) is 5.05. The Balaban J connectivity index is 1.15. The van der Waals surface area contributed by atoms with E-state index in [0.29, 0.717) is 24.2 Å². The van der Waals surface area contributed by atoms with Gasteiger partial charge in [-0.3, -0.25) is 4.79 Å². The van der Waals surface area contributed by atoms with Crippen LogP contribution in [-0.4, -0.2) is 51.6 Å². The van der Waals surface area contributed by atoms with Crippen LogP contribution in [0.5, 0.6) is 0 Å². The zero-order valence-corrected chi connectivity index (χ0v) is 18.1. The van der Waals surface area contributed by atoms with Crippen molar-refractivity contribution in [3.05, 3.63) is 47.8 Å². The monoisotopic (exact) mass is 420 g/mol. The lowest BCUT2D eigenvalue weighted by Crippen LogP contribution is -2.38. The molecule has 3 saturated carbocycles. The third kappa shape index (κ3) is 4.27. The van der Waals surface area contributed by atoms with E-state index in [2.05, 4.69) is 26.1 Å². The number of aromatic nitrogens is 3. The maximum absolute atomic E-state index is 13.0. The van der Waals surface area contributed by atoms with E-state index < -0.39 is 0 Å². The first-order valence-electron chi connectivity index (χ1n) is 12.1. The van der Waals surface area contributed by atoms with E-state index in [1.54, 1.807) is 0 Å². The maximum atomic E-state index is 13.0. The van der Waals surface area contributed by atoms with Crippen molar-refractivity contribution in [3.63, 3.8) is 0 Å². The molecule has 2 aromatic rings. The number of hydrogen-bond donors (Lipinski definition) is 0. The summed E-state index contributed by atoms with van der Waals surface area (Å²) in [6.07, 6.45) is 10.0. The van der Waals surface area contributed by atoms with Gasteiger partial charge in [0.2, 0.25) is 5.91 Å². The second-order valence-electron chi connectivity index (χ2n) is 10.2. The number of rotatable bonds is 7. The molecule has 3 aliphatic carbocycles. The fourth-order valence-electron chi connectivity index (χ4n) is 5.50. The predicted octanol–water partition coefficient (Wildman–Crippen LogP) is 3.60. The summed E-state index contributed by atoms with van der Waals surface area (Å²) in [5.74, 6) is 2.69. The Bertz CT molecular complexity index is 921. The van der Waals surface area contributed by atoms with Crippen molar-refractivity contribution < 1.29 is 9.53 Å². The molecular formula is C25H32N4O2. The second-order valence-corrected chi connectivity index (χ2v) is 10.2. The van der Waals surface area contributed by atoms with Crippen LogP contribution in [0.1, 0.15) is 61.7 Å². The van der Waals surface area contributed by atoms with Gasteiger partial charge in [0.05, 0.1) is 24.3 Å². The minimum atomic E-state index is 0.180. The third-order valence-electron chi connectivity index (χ3n) is 7.74. The van der Waals surface area contributed by atoms with Gasteiger partial charge in [-0.15, -0.1) is 5.10 Å². The van der Waals surface area contributed by atoms with Crippen molar-refractivity contribution in [2.45, 2.75) is 63.0 Å². The van der Waals surface area contributed by atoms with Gasteiger partial charge >= 0.3 is 0 Å². The Morgan fingerprint density at radius 3 is 2.55 bits per heavy atom. The van der Waals surface area contributed by atoms with Crippen LogP contribution in [0.4, 0.5) is 0 Å². The molecule has 1 saturated heterocycles. The SMILES string of the molecule is O=C(Cc1ccccc1)N1C[C@H]2C[C@@H](n3cc(C4CC4)nn3)[C@H](OCC3CC3)C[C@H]2C1. The van der Waals surface area contributed by atoms with Crippen LogP contribution in [0, 0.1) is 17.8 Å². The first-order chi connectivity index (χ1) is 15.2. The molecule has 6 heteroatoms. The highest BCUT2D eigenvalue weighted by Gasteiger charge is 2.45. The summed E-state index contributed by atoms with van der Waals surface area (Å²) < 4.78 is 8.56. The van der Waals surface area contributed by atoms with Gasteiger partial charge in [-0.05, 0) is 61.8 Å². The van der Waals surface area contributed by atoms with Crippen molar-refractivity contribution in [3.8, 4) is 0 Å². The molecular weight excluding hydrogens is 388 g/mol. The lowest BCUT2D eigenvalue weighted by molar-refractivity contribution is -0.129. The summed E-state index contributed by atoms with van der Waals surface area (Å²) in [4.78, 5) is 15.1. The van der Waals surface area contributed by atoms with Crippen LogP contribution in [0.15, 0.2) is 36.5 Å². The number of fused-ring (bicyclic) bond motifs is 1. The zero-order valence-electron chi connectivity index (χ0n) is 18.1. The van der Waals surface area contributed by atoms with Gasteiger partial charge in [0.1, 0.15) is 0 Å². The first-order valence-corrected chi connectivity index (χ1v) is 12.1. The molecule has 4 aliphatic rings. The summed E-state index contributed by atoms with van der Waals surface area (Å²) in [7, 11) is 0.